The summed E-state index contributed by atoms with van der Waals surface area (Å²) < 4.78 is 25.1. The zero-order valence-corrected chi connectivity index (χ0v) is 13.8. The van der Waals surface area contributed by atoms with Gasteiger partial charge in [-0.05, 0) is 54.1 Å². The Morgan fingerprint density at radius 1 is 0.750 bits per heavy atom. The highest BCUT2D eigenvalue weighted by molar-refractivity contribution is 7.91. The van der Waals surface area contributed by atoms with Gasteiger partial charge in [-0.1, -0.05) is 30.3 Å². The van der Waals surface area contributed by atoms with Gasteiger partial charge in [-0.2, -0.15) is 0 Å². The van der Waals surface area contributed by atoms with E-state index in [1.807, 2.05) is 30.3 Å². The Kier molecular flexibility index (Phi) is 4.53. The Morgan fingerprint density at radius 3 is 1.88 bits per heavy atom. The van der Waals surface area contributed by atoms with Gasteiger partial charge in [-0.25, -0.2) is 8.42 Å². The van der Waals surface area contributed by atoms with E-state index in [1.165, 1.54) is 12.1 Å². The molecule has 122 valence electrons. The molecule has 0 aliphatic rings. The van der Waals surface area contributed by atoms with Gasteiger partial charge in [0, 0.05) is 17.9 Å². The molecule has 3 aromatic rings. The molecule has 0 saturated heterocycles. The third-order valence-corrected chi connectivity index (χ3v) is 5.48. The summed E-state index contributed by atoms with van der Waals surface area (Å²) in [6.45, 7) is 0.685. The van der Waals surface area contributed by atoms with E-state index in [1.54, 1.807) is 36.4 Å². The van der Waals surface area contributed by atoms with Crippen LogP contribution in [0.15, 0.2) is 88.7 Å². The first kappa shape index (κ1) is 16.1. The molecule has 0 unspecified atom stereocenters. The molecule has 3 N–H and O–H groups in total. The Morgan fingerprint density at radius 2 is 1.29 bits per heavy atom. The molecule has 0 amide bonds. The molecule has 0 aliphatic carbocycles. The lowest BCUT2D eigenvalue weighted by molar-refractivity contribution is 0.596. The highest BCUT2D eigenvalue weighted by Crippen LogP contribution is 2.23. The second-order valence-corrected chi connectivity index (χ2v) is 7.39. The van der Waals surface area contributed by atoms with Gasteiger partial charge in [0.25, 0.3) is 0 Å². The predicted molar refractivity (Wildman–Crippen MR) is 96.5 cm³/mol. The van der Waals surface area contributed by atoms with Crippen molar-refractivity contribution < 1.29 is 8.42 Å². The number of nitrogen functional groups attached to an aromatic ring is 1. The molecule has 0 fully saturated rings. The van der Waals surface area contributed by atoms with Crippen molar-refractivity contribution in [3.05, 3.63) is 84.4 Å². The molecule has 0 aromatic heterocycles. The van der Waals surface area contributed by atoms with Crippen LogP contribution in [0, 0.1) is 0 Å². The topological polar surface area (TPSA) is 72.2 Å². The maximum Gasteiger partial charge on any atom is 0.206 e. The van der Waals surface area contributed by atoms with Gasteiger partial charge in [0.1, 0.15) is 0 Å². The maximum absolute atomic E-state index is 12.6. The van der Waals surface area contributed by atoms with E-state index in [-0.39, 0.29) is 9.79 Å². The summed E-state index contributed by atoms with van der Waals surface area (Å²) >= 11 is 0. The molecule has 3 rings (SSSR count). The predicted octanol–water partition coefficient (Wildman–Crippen LogP) is 3.71. The van der Waals surface area contributed by atoms with E-state index in [0.29, 0.717) is 12.2 Å². The molecular weight excluding hydrogens is 320 g/mol. The number of nitrogens with one attached hydrogen (secondary N) is 1. The summed E-state index contributed by atoms with van der Waals surface area (Å²) in [6.07, 6.45) is 0. The van der Waals surface area contributed by atoms with Gasteiger partial charge >= 0.3 is 0 Å². The van der Waals surface area contributed by atoms with Crippen LogP contribution in [0.5, 0.6) is 0 Å². The van der Waals surface area contributed by atoms with E-state index in [4.69, 9.17) is 5.73 Å². The van der Waals surface area contributed by atoms with Crippen LogP contribution in [0.4, 0.5) is 11.4 Å². The third kappa shape index (κ3) is 3.58. The fourth-order valence-electron chi connectivity index (χ4n) is 2.33. The van der Waals surface area contributed by atoms with Crippen LogP contribution in [0.1, 0.15) is 5.56 Å². The number of hydrogen-bond donors (Lipinski definition) is 2. The van der Waals surface area contributed by atoms with Crippen LogP contribution < -0.4 is 11.1 Å². The average molecular weight is 338 g/mol. The van der Waals surface area contributed by atoms with Crippen LogP contribution in [0.2, 0.25) is 0 Å². The molecule has 0 radical (unpaired) electrons. The molecule has 0 bridgehead atoms. The Hall–Kier alpha value is -2.79. The van der Waals surface area contributed by atoms with Gasteiger partial charge in [0.15, 0.2) is 0 Å². The number of benzene rings is 3. The van der Waals surface area contributed by atoms with Crippen molar-refractivity contribution >= 4 is 21.2 Å². The minimum absolute atomic E-state index is 0.238. The fraction of sp³-hybridized carbons (Fsp3) is 0.0526. The third-order valence-electron chi connectivity index (χ3n) is 3.69. The van der Waals surface area contributed by atoms with Gasteiger partial charge < -0.3 is 11.1 Å². The SMILES string of the molecule is Nc1ccc(S(=O)(=O)c2ccc(NCc3ccccc3)cc2)cc1. The summed E-state index contributed by atoms with van der Waals surface area (Å²) in [7, 11) is -3.52. The second kappa shape index (κ2) is 6.76. The molecule has 3 aromatic carbocycles. The molecule has 0 atom stereocenters. The van der Waals surface area contributed by atoms with Crippen molar-refractivity contribution in [2.24, 2.45) is 0 Å². The van der Waals surface area contributed by atoms with Crippen molar-refractivity contribution in [3.63, 3.8) is 0 Å². The molecule has 4 nitrogen and oxygen atoms in total. The van der Waals surface area contributed by atoms with Gasteiger partial charge in [0.05, 0.1) is 9.79 Å². The van der Waals surface area contributed by atoms with Crippen LogP contribution in [-0.2, 0) is 16.4 Å². The molecule has 0 heterocycles. The smallest absolute Gasteiger partial charge is 0.206 e. The second-order valence-electron chi connectivity index (χ2n) is 5.44. The number of nitrogens with two attached hydrogens (primary N) is 1. The standard InChI is InChI=1S/C19H18N2O2S/c20-16-6-10-18(11-7-16)24(22,23)19-12-8-17(9-13-19)21-14-15-4-2-1-3-5-15/h1-13,21H,14,20H2. The summed E-state index contributed by atoms with van der Waals surface area (Å²) in [5, 5.41) is 3.28. The van der Waals surface area contributed by atoms with Crippen molar-refractivity contribution in [1.29, 1.82) is 0 Å². The summed E-state index contributed by atoms with van der Waals surface area (Å²) in [4.78, 5) is 0.499. The molecule has 0 spiro atoms. The number of sulfone groups is 1. The first-order chi connectivity index (χ1) is 11.6. The van der Waals surface area contributed by atoms with E-state index in [0.717, 1.165) is 11.3 Å². The summed E-state index contributed by atoms with van der Waals surface area (Å²) in [6, 6.07) is 23.0. The summed E-state index contributed by atoms with van der Waals surface area (Å²) in [5.41, 5.74) is 8.18. The van der Waals surface area contributed by atoms with Gasteiger partial charge in [-0.3, -0.25) is 0 Å². The lowest BCUT2D eigenvalue weighted by atomic mass is 10.2. The van der Waals surface area contributed by atoms with E-state index >= 15 is 0 Å². The largest absolute Gasteiger partial charge is 0.399 e. The van der Waals surface area contributed by atoms with Crippen LogP contribution >= 0.6 is 0 Å². The highest BCUT2D eigenvalue weighted by atomic mass is 32.2. The van der Waals surface area contributed by atoms with Crippen molar-refractivity contribution in [2.45, 2.75) is 16.3 Å². The van der Waals surface area contributed by atoms with Crippen LogP contribution in [0.3, 0.4) is 0 Å². The Labute approximate surface area is 141 Å². The van der Waals surface area contributed by atoms with Gasteiger partial charge in [0.2, 0.25) is 9.84 Å². The quantitative estimate of drug-likeness (QED) is 0.696. The zero-order chi connectivity index (χ0) is 17.0. The van der Waals surface area contributed by atoms with Crippen molar-refractivity contribution in [1.82, 2.24) is 0 Å². The van der Waals surface area contributed by atoms with Gasteiger partial charge in [-0.15, -0.1) is 0 Å². The van der Waals surface area contributed by atoms with E-state index < -0.39 is 9.84 Å². The van der Waals surface area contributed by atoms with E-state index in [2.05, 4.69) is 5.32 Å². The normalized spacial score (nSPS) is 11.2. The maximum atomic E-state index is 12.6. The molecule has 0 aliphatic heterocycles. The van der Waals surface area contributed by atoms with Crippen LogP contribution in [0.25, 0.3) is 0 Å². The molecule has 24 heavy (non-hydrogen) atoms. The van der Waals surface area contributed by atoms with Crippen molar-refractivity contribution in [2.75, 3.05) is 11.1 Å². The number of rotatable bonds is 5. The lowest BCUT2D eigenvalue weighted by Gasteiger charge is -2.09. The molecule has 0 saturated carbocycles. The van der Waals surface area contributed by atoms with E-state index in [9.17, 15) is 8.42 Å². The Balaban J connectivity index is 1.75. The number of anilines is 2. The fourth-order valence-corrected chi connectivity index (χ4v) is 3.60. The monoisotopic (exact) mass is 338 g/mol. The summed E-state index contributed by atoms with van der Waals surface area (Å²) in [5.74, 6) is 0. The van der Waals surface area contributed by atoms with Crippen molar-refractivity contribution in [3.8, 4) is 0 Å². The average Bonchev–Trinajstić information content (AvgIpc) is 2.61. The first-order valence-corrected chi connectivity index (χ1v) is 9.02. The zero-order valence-electron chi connectivity index (χ0n) is 13.0. The minimum Gasteiger partial charge on any atom is -0.399 e. The highest BCUT2D eigenvalue weighted by Gasteiger charge is 2.17. The Bertz CT molecular complexity index is 904. The molecular formula is C19H18N2O2S. The number of hydrogen-bond acceptors (Lipinski definition) is 4. The first-order valence-electron chi connectivity index (χ1n) is 7.54. The molecule has 5 heteroatoms. The minimum atomic E-state index is -3.52. The lowest BCUT2D eigenvalue weighted by Crippen LogP contribution is -2.03. The van der Waals surface area contributed by atoms with Crippen LogP contribution in [-0.4, -0.2) is 8.42 Å².